The predicted molar refractivity (Wildman–Crippen MR) is 96.5 cm³/mol. The molecule has 23 heavy (non-hydrogen) atoms. The summed E-state index contributed by atoms with van der Waals surface area (Å²) in [6.07, 6.45) is 11.0. The van der Waals surface area contributed by atoms with Crippen LogP contribution >= 0.6 is 0 Å². The lowest BCUT2D eigenvalue weighted by molar-refractivity contribution is -0.931. The van der Waals surface area contributed by atoms with Gasteiger partial charge < -0.3 is 14.7 Å². The Morgan fingerprint density at radius 1 is 1.09 bits per heavy atom. The van der Waals surface area contributed by atoms with Gasteiger partial charge in [-0.05, 0) is 51.9 Å². The highest BCUT2D eigenvalue weighted by Gasteiger charge is 2.28. The maximum atomic E-state index is 10.7. The molecular formula is C19H38NO3+. The van der Waals surface area contributed by atoms with Gasteiger partial charge in [0.05, 0.1) is 19.6 Å². The molecule has 0 aliphatic rings. The molecule has 2 N–H and O–H groups in total. The number of hydrogen-bond acceptors (Lipinski definition) is 2. The smallest absolute Gasteiger partial charge is 0.303 e. The Balaban J connectivity index is 4.52. The molecule has 136 valence electrons. The molecule has 0 heterocycles. The Morgan fingerprint density at radius 2 is 1.74 bits per heavy atom. The van der Waals surface area contributed by atoms with Crippen molar-refractivity contribution < 1.29 is 19.5 Å². The van der Waals surface area contributed by atoms with Crippen LogP contribution in [0.1, 0.15) is 72.1 Å². The van der Waals surface area contributed by atoms with Crippen molar-refractivity contribution in [2.45, 2.75) is 78.2 Å². The first-order valence-corrected chi connectivity index (χ1v) is 9.35. The summed E-state index contributed by atoms with van der Waals surface area (Å²) in [7, 11) is 0. The van der Waals surface area contributed by atoms with Crippen LogP contribution in [0.25, 0.3) is 0 Å². The van der Waals surface area contributed by atoms with E-state index in [2.05, 4.69) is 26.0 Å². The highest BCUT2D eigenvalue weighted by Crippen LogP contribution is 2.17. The minimum absolute atomic E-state index is 0.252. The van der Waals surface area contributed by atoms with E-state index < -0.39 is 5.97 Å². The Morgan fingerprint density at radius 3 is 2.26 bits per heavy atom. The van der Waals surface area contributed by atoms with E-state index in [1.165, 1.54) is 0 Å². The van der Waals surface area contributed by atoms with Crippen molar-refractivity contribution in [3.8, 4) is 0 Å². The van der Waals surface area contributed by atoms with Gasteiger partial charge in [0.1, 0.15) is 12.6 Å². The summed E-state index contributed by atoms with van der Waals surface area (Å²) in [5.74, 6) is -0.710. The Hall–Kier alpha value is -0.870. The maximum absolute atomic E-state index is 10.7. The highest BCUT2D eigenvalue weighted by atomic mass is 16.4. The van der Waals surface area contributed by atoms with Crippen molar-refractivity contribution in [1.82, 2.24) is 0 Å². The minimum atomic E-state index is -0.710. The predicted octanol–water partition coefficient (Wildman–Crippen LogP) is 3.99. The highest BCUT2D eigenvalue weighted by molar-refractivity contribution is 5.66. The average Bonchev–Trinajstić information content (AvgIpc) is 2.48. The second kappa shape index (κ2) is 13.6. The van der Waals surface area contributed by atoms with Crippen LogP contribution in [0.3, 0.4) is 0 Å². The molecule has 0 aromatic carbocycles. The Kier molecular flexibility index (Phi) is 13.0. The molecule has 0 fully saturated rings. The lowest BCUT2D eigenvalue weighted by atomic mass is 10.1. The normalized spacial score (nSPS) is 13.6. The molecule has 4 nitrogen and oxygen atoms in total. The number of aliphatic carboxylic acids is 1. The van der Waals surface area contributed by atoms with E-state index in [1.54, 1.807) is 0 Å². The van der Waals surface area contributed by atoms with Crippen molar-refractivity contribution in [1.29, 1.82) is 0 Å². The summed E-state index contributed by atoms with van der Waals surface area (Å²) < 4.78 is 0.942. The van der Waals surface area contributed by atoms with Crippen LogP contribution in [-0.2, 0) is 4.79 Å². The SMILES string of the molecule is C/C=C/CCCC(O)C[N+](CCC)(CCC)CCCCC(=O)O. The second-order valence-electron chi connectivity index (χ2n) is 6.70. The van der Waals surface area contributed by atoms with E-state index in [1.807, 2.05) is 6.92 Å². The fourth-order valence-corrected chi connectivity index (χ4v) is 3.46. The van der Waals surface area contributed by atoms with E-state index >= 15 is 0 Å². The number of unbranched alkanes of at least 4 members (excludes halogenated alkanes) is 2. The lowest BCUT2D eigenvalue weighted by Gasteiger charge is -2.40. The van der Waals surface area contributed by atoms with Crippen molar-refractivity contribution in [2.75, 3.05) is 26.2 Å². The second-order valence-corrected chi connectivity index (χ2v) is 6.70. The molecule has 0 aliphatic heterocycles. The van der Waals surface area contributed by atoms with Gasteiger partial charge in [-0.25, -0.2) is 0 Å². The third-order valence-electron chi connectivity index (χ3n) is 4.41. The van der Waals surface area contributed by atoms with Crippen LogP contribution in [0, 0.1) is 0 Å². The van der Waals surface area contributed by atoms with Gasteiger partial charge in [0.25, 0.3) is 0 Å². The van der Waals surface area contributed by atoms with Gasteiger partial charge in [0.15, 0.2) is 0 Å². The molecule has 0 saturated carbocycles. The van der Waals surface area contributed by atoms with Crippen LogP contribution in [0.15, 0.2) is 12.2 Å². The first-order chi connectivity index (χ1) is 11.0. The van der Waals surface area contributed by atoms with Crippen LogP contribution in [0.4, 0.5) is 0 Å². The number of carboxylic acid groups (broad SMARTS) is 1. The molecule has 0 bridgehead atoms. The van der Waals surface area contributed by atoms with Crippen LogP contribution in [0.5, 0.6) is 0 Å². The van der Waals surface area contributed by atoms with Gasteiger partial charge in [-0.1, -0.05) is 26.0 Å². The fraction of sp³-hybridized carbons (Fsp3) is 0.842. The lowest BCUT2D eigenvalue weighted by Crippen LogP contribution is -2.53. The number of aliphatic hydroxyl groups is 1. The summed E-state index contributed by atoms with van der Waals surface area (Å²) in [5, 5.41) is 19.2. The molecule has 0 spiro atoms. The minimum Gasteiger partial charge on any atom is -0.481 e. The maximum Gasteiger partial charge on any atom is 0.303 e. The number of carboxylic acids is 1. The van der Waals surface area contributed by atoms with Gasteiger partial charge >= 0.3 is 5.97 Å². The number of carbonyl (C=O) groups is 1. The van der Waals surface area contributed by atoms with E-state index in [4.69, 9.17) is 5.11 Å². The topological polar surface area (TPSA) is 57.5 Å². The molecule has 1 unspecified atom stereocenters. The Bertz CT molecular complexity index is 323. The number of hydrogen-bond donors (Lipinski definition) is 2. The zero-order valence-electron chi connectivity index (χ0n) is 15.5. The zero-order valence-corrected chi connectivity index (χ0v) is 15.5. The molecule has 0 radical (unpaired) electrons. The van der Waals surface area contributed by atoms with E-state index in [-0.39, 0.29) is 12.5 Å². The summed E-state index contributed by atoms with van der Waals surface area (Å²) in [5.41, 5.74) is 0. The standard InChI is InChI=1S/C19H37NO3/c1-4-7-8-9-12-18(21)17-20(14-5-2,15-6-3)16-11-10-13-19(22)23/h4,7,18,21H,5-6,8-17H2,1-3H3/p+1/b7-4+. The molecule has 0 aliphatic carbocycles. The molecule has 0 aromatic heterocycles. The fourth-order valence-electron chi connectivity index (χ4n) is 3.46. The summed E-state index contributed by atoms with van der Waals surface area (Å²) in [6, 6.07) is 0. The van der Waals surface area contributed by atoms with Crippen LogP contribution < -0.4 is 0 Å². The molecule has 0 amide bonds. The van der Waals surface area contributed by atoms with Gasteiger partial charge in [0, 0.05) is 6.42 Å². The Labute approximate surface area is 142 Å². The number of nitrogens with zero attached hydrogens (tertiary/aromatic N) is 1. The summed E-state index contributed by atoms with van der Waals surface area (Å²) in [4.78, 5) is 10.7. The zero-order chi connectivity index (χ0) is 17.6. The van der Waals surface area contributed by atoms with Crippen molar-refractivity contribution in [2.24, 2.45) is 0 Å². The largest absolute Gasteiger partial charge is 0.481 e. The molecular weight excluding hydrogens is 290 g/mol. The van der Waals surface area contributed by atoms with E-state index in [0.717, 1.165) is 75.6 Å². The number of quaternary nitrogens is 1. The number of aliphatic hydroxyl groups excluding tert-OH is 1. The molecule has 0 rings (SSSR count). The first-order valence-electron chi connectivity index (χ1n) is 9.35. The molecule has 4 heteroatoms. The molecule has 0 saturated heterocycles. The third kappa shape index (κ3) is 11.3. The summed E-state index contributed by atoms with van der Waals surface area (Å²) >= 11 is 0. The molecule has 0 aromatic rings. The van der Waals surface area contributed by atoms with E-state index in [0.29, 0.717) is 0 Å². The summed E-state index contributed by atoms with van der Waals surface area (Å²) in [6.45, 7) is 10.4. The van der Waals surface area contributed by atoms with Crippen molar-refractivity contribution >= 4 is 5.97 Å². The van der Waals surface area contributed by atoms with Crippen molar-refractivity contribution in [3.05, 3.63) is 12.2 Å². The van der Waals surface area contributed by atoms with Gasteiger partial charge in [-0.15, -0.1) is 0 Å². The number of rotatable bonds is 15. The average molecular weight is 329 g/mol. The monoisotopic (exact) mass is 328 g/mol. The van der Waals surface area contributed by atoms with Gasteiger partial charge in [0.2, 0.25) is 0 Å². The third-order valence-corrected chi connectivity index (χ3v) is 4.41. The van der Waals surface area contributed by atoms with Gasteiger partial charge in [-0.3, -0.25) is 4.79 Å². The number of allylic oxidation sites excluding steroid dienone is 2. The van der Waals surface area contributed by atoms with Crippen LogP contribution in [0.2, 0.25) is 0 Å². The first kappa shape index (κ1) is 22.1. The van der Waals surface area contributed by atoms with Crippen molar-refractivity contribution in [3.63, 3.8) is 0 Å². The van der Waals surface area contributed by atoms with Crippen LogP contribution in [-0.4, -0.2) is 52.9 Å². The molecule has 1 atom stereocenters. The van der Waals surface area contributed by atoms with Gasteiger partial charge in [-0.2, -0.15) is 0 Å². The van der Waals surface area contributed by atoms with E-state index in [9.17, 15) is 9.90 Å². The quantitative estimate of drug-likeness (QED) is 0.271.